The van der Waals surface area contributed by atoms with Crippen LogP contribution in [0.25, 0.3) is 0 Å². The lowest BCUT2D eigenvalue weighted by Gasteiger charge is -2.34. The van der Waals surface area contributed by atoms with Gasteiger partial charge < -0.3 is 10.1 Å². The first-order valence-corrected chi connectivity index (χ1v) is 7.85. The van der Waals surface area contributed by atoms with Crippen molar-refractivity contribution in [2.24, 2.45) is 0 Å². The number of hydrogen-bond donors (Lipinski definition) is 1. The van der Waals surface area contributed by atoms with Crippen LogP contribution in [-0.2, 0) is 9.53 Å². The lowest BCUT2D eigenvalue weighted by molar-refractivity contribution is -0.144. The molecule has 2 rings (SSSR count). The summed E-state index contributed by atoms with van der Waals surface area (Å²) in [5, 5.41) is 3.61. The van der Waals surface area contributed by atoms with Gasteiger partial charge in [-0.2, -0.15) is 0 Å². The fourth-order valence-corrected chi connectivity index (χ4v) is 3.01. The van der Waals surface area contributed by atoms with Crippen molar-refractivity contribution in [2.75, 3.05) is 19.7 Å². The molecule has 2 unspecified atom stereocenters. The van der Waals surface area contributed by atoms with Crippen LogP contribution in [0.3, 0.4) is 0 Å². The lowest BCUT2D eigenvalue weighted by Crippen LogP contribution is -2.48. The standard InChI is InChI=1S/C15H28N2O2/c1-3-19-15(18)10-12(2)17(14-7-8-14)11-13-6-4-5-9-16-13/h12-14,16H,3-11H2,1-2H3. The van der Waals surface area contributed by atoms with E-state index in [4.69, 9.17) is 4.74 Å². The number of hydrogen-bond acceptors (Lipinski definition) is 4. The van der Waals surface area contributed by atoms with Crippen LogP contribution in [0.2, 0.25) is 0 Å². The molecule has 1 aliphatic carbocycles. The van der Waals surface area contributed by atoms with E-state index in [0.29, 0.717) is 31.2 Å². The van der Waals surface area contributed by atoms with Crippen molar-refractivity contribution in [2.45, 2.75) is 70.5 Å². The summed E-state index contributed by atoms with van der Waals surface area (Å²) in [4.78, 5) is 14.2. The van der Waals surface area contributed by atoms with Gasteiger partial charge in [0.05, 0.1) is 13.0 Å². The number of carbonyl (C=O) groups excluding carboxylic acids is 1. The molecule has 2 fully saturated rings. The van der Waals surface area contributed by atoms with Crippen LogP contribution in [-0.4, -0.2) is 48.7 Å². The molecular weight excluding hydrogens is 240 g/mol. The van der Waals surface area contributed by atoms with E-state index in [1.807, 2.05) is 6.92 Å². The van der Waals surface area contributed by atoms with Gasteiger partial charge in [0.15, 0.2) is 0 Å². The maximum Gasteiger partial charge on any atom is 0.307 e. The first-order valence-electron chi connectivity index (χ1n) is 7.85. The first-order chi connectivity index (χ1) is 9.20. The van der Waals surface area contributed by atoms with E-state index in [0.717, 1.165) is 13.1 Å². The highest BCUT2D eigenvalue weighted by molar-refractivity contribution is 5.70. The maximum absolute atomic E-state index is 11.6. The Morgan fingerprint density at radius 1 is 1.37 bits per heavy atom. The molecule has 1 saturated carbocycles. The molecule has 0 aromatic rings. The van der Waals surface area contributed by atoms with Crippen LogP contribution >= 0.6 is 0 Å². The molecule has 0 aromatic carbocycles. The number of esters is 1. The number of rotatable bonds is 7. The molecule has 110 valence electrons. The highest BCUT2D eigenvalue weighted by Crippen LogP contribution is 2.30. The smallest absolute Gasteiger partial charge is 0.307 e. The fourth-order valence-electron chi connectivity index (χ4n) is 3.01. The van der Waals surface area contributed by atoms with Gasteiger partial charge in [0.1, 0.15) is 0 Å². The summed E-state index contributed by atoms with van der Waals surface area (Å²) in [5.41, 5.74) is 0. The third-order valence-corrected chi connectivity index (χ3v) is 4.19. The highest BCUT2D eigenvalue weighted by atomic mass is 16.5. The van der Waals surface area contributed by atoms with Crippen molar-refractivity contribution in [3.05, 3.63) is 0 Å². The van der Waals surface area contributed by atoms with E-state index in [-0.39, 0.29) is 5.97 Å². The van der Waals surface area contributed by atoms with E-state index < -0.39 is 0 Å². The number of nitrogens with one attached hydrogen (secondary N) is 1. The summed E-state index contributed by atoms with van der Waals surface area (Å²) >= 11 is 0. The number of carbonyl (C=O) groups is 1. The van der Waals surface area contributed by atoms with Crippen molar-refractivity contribution in [1.29, 1.82) is 0 Å². The molecule has 19 heavy (non-hydrogen) atoms. The number of nitrogens with zero attached hydrogens (tertiary/aromatic N) is 1. The Morgan fingerprint density at radius 2 is 2.16 bits per heavy atom. The molecule has 0 amide bonds. The topological polar surface area (TPSA) is 41.6 Å². The van der Waals surface area contributed by atoms with Gasteiger partial charge in [-0.05, 0) is 46.1 Å². The van der Waals surface area contributed by atoms with Gasteiger partial charge in [-0.15, -0.1) is 0 Å². The summed E-state index contributed by atoms with van der Waals surface area (Å²) in [6.45, 7) is 6.76. The Bertz CT molecular complexity index is 286. The Balaban J connectivity index is 1.82. The van der Waals surface area contributed by atoms with Crippen molar-refractivity contribution in [3.63, 3.8) is 0 Å². The van der Waals surface area contributed by atoms with Gasteiger partial charge in [-0.3, -0.25) is 9.69 Å². The van der Waals surface area contributed by atoms with Gasteiger partial charge in [0, 0.05) is 24.7 Å². The van der Waals surface area contributed by atoms with Crippen molar-refractivity contribution >= 4 is 5.97 Å². The first kappa shape index (κ1) is 14.8. The monoisotopic (exact) mass is 268 g/mol. The summed E-state index contributed by atoms with van der Waals surface area (Å²) < 4.78 is 5.07. The van der Waals surface area contributed by atoms with E-state index in [1.54, 1.807) is 0 Å². The van der Waals surface area contributed by atoms with Crippen LogP contribution in [0.15, 0.2) is 0 Å². The maximum atomic E-state index is 11.6. The van der Waals surface area contributed by atoms with Gasteiger partial charge in [-0.25, -0.2) is 0 Å². The third-order valence-electron chi connectivity index (χ3n) is 4.19. The molecule has 1 aliphatic heterocycles. The van der Waals surface area contributed by atoms with Crippen LogP contribution < -0.4 is 5.32 Å². The summed E-state index contributed by atoms with van der Waals surface area (Å²) in [6.07, 6.45) is 7.02. The SMILES string of the molecule is CCOC(=O)CC(C)N(CC1CCCCN1)C1CC1. The molecule has 4 nitrogen and oxygen atoms in total. The van der Waals surface area contributed by atoms with Gasteiger partial charge in [-0.1, -0.05) is 6.42 Å². The van der Waals surface area contributed by atoms with Crippen LogP contribution in [0.1, 0.15) is 52.4 Å². The van der Waals surface area contributed by atoms with Crippen molar-refractivity contribution in [1.82, 2.24) is 10.2 Å². The van der Waals surface area contributed by atoms with Crippen LogP contribution in [0.5, 0.6) is 0 Å². The zero-order valence-electron chi connectivity index (χ0n) is 12.4. The minimum atomic E-state index is -0.0581. The minimum absolute atomic E-state index is 0.0581. The average molecular weight is 268 g/mol. The van der Waals surface area contributed by atoms with E-state index in [2.05, 4.69) is 17.1 Å². The van der Waals surface area contributed by atoms with E-state index in [1.165, 1.54) is 32.1 Å². The zero-order chi connectivity index (χ0) is 13.7. The second-order valence-corrected chi connectivity index (χ2v) is 5.93. The quantitative estimate of drug-likeness (QED) is 0.716. The van der Waals surface area contributed by atoms with E-state index in [9.17, 15) is 4.79 Å². The lowest BCUT2D eigenvalue weighted by atomic mass is 10.0. The molecule has 1 N–H and O–H groups in total. The molecular formula is C15H28N2O2. The summed E-state index contributed by atoms with van der Waals surface area (Å²) in [5.74, 6) is -0.0581. The Kier molecular flexibility index (Phi) is 5.64. The molecule has 0 spiro atoms. The average Bonchev–Trinajstić information content (AvgIpc) is 3.21. The van der Waals surface area contributed by atoms with Crippen molar-refractivity contribution in [3.8, 4) is 0 Å². The molecule has 1 heterocycles. The molecule has 4 heteroatoms. The molecule has 2 aliphatic rings. The van der Waals surface area contributed by atoms with Gasteiger partial charge in [0.2, 0.25) is 0 Å². The Hall–Kier alpha value is -0.610. The summed E-state index contributed by atoms with van der Waals surface area (Å²) in [6, 6.07) is 1.61. The Morgan fingerprint density at radius 3 is 2.74 bits per heavy atom. The zero-order valence-corrected chi connectivity index (χ0v) is 12.4. The Labute approximate surface area is 116 Å². The van der Waals surface area contributed by atoms with Crippen LogP contribution in [0, 0.1) is 0 Å². The molecule has 0 radical (unpaired) electrons. The molecule has 1 saturated heterocycles. The van der Waals surface area contributed by atoms with Gasteiger partial charge in [0.25, 0.3) is 0 Å². The highest BCUT2D eigenvalue weighted by Gasteiger charge is 2.34. The van der Waals surface area contributed by atoms with E-state index >= 15 is 0 Å². The molecule has 0 bridgehead atoms. The normalized spacial score (nSPS) is 25.3. The van der Waals surface area contributed by atoms with Crippen molar-refractivity contribution < 1.29 is 9.53 Å². The third kappa shape index (κ3) is 4.77. The molecule has 0 aromatic heterocycles. The van der Waals surface area contributed by atoms with Crippen LogP contribution in [0.4, 0.5) is 0 Å². The fraction of sp³-hybridized carbons (Fsp3) is 0.933. The predicted octanol–water partition coefficient (Wildman–Crippen LogP) is 1.93. The second kappa shape index (κ2) is 7.25. The molecule has 2 atom stereocenters. The number of piperidine rings is 1. The largest absolute Gasteiger partial charge is 0.466 e. The number of ether oxygens (including phenoxy) is 1. The predicted molar refractivity (Wildman–Crippen MR) is 76.1 cm³/mol. The summed E-state index contributed by atoms with van der Waals surface area (Å²) in [7, 11) is 0. The second-order valence-electron chi connectivity index (χ2n) is 5.93. The minimum Gasteiger partial charge on any atom is -0.466 e. The van der Waals surface area contributed by atoms with Gasteiger partial charge >= 0.3 is 5.97 Å².